The van der Waals surface area contributed by atoms with Crippen LogP contribution >= 0.6 is 12.2 Å². The van der Waals surface area contributed by atoms with Gasteiger partial charge in [-0.1, -0.05) is 18.2 Å². The third kappa shape index (κ3) is 4.42. The molecular weight excluding hydrogens is 348 g/mol. The number of rotatable bonds is 5. The van der Waals surface area contributed by atoms with Gasteiger partial charge in [-0.15, -0.1) is 0 Å². The van der Waals surface area contributed by atoms with Crippen LogP contribution in [0.2, 0.25) is 0 Å². The maximum Gasteiger partial charge on any atom is 0.191 e. The van der Waals surface area contributed by atoms with Crippen LogP contribution in [0.4, 0.5) is 5.69 Å². The van der Waals surface area contributed by atoms with Gasteiger partial charge in [0.15, 0.2) is 5.11 Å². The van der Waals surface area contributed by atoms with Crippen LogP contribution in [-0.2, 0) is 0 Å². The minimum atomic E-state index is 0.400. The third-order valence-corrected chi connectivity index (χ3v) is 3.81. The largest absolute Gasteiger partial charge is 0.497 e. The van der Waals surface area contributed by atoms with Gasteiger partial charge >= 0.3 is 0 Å². The predicted molar refractivity (Wildman–Crippen MR) is 106 cm³/mol. The Morgan fingerprint density at radius 3 is 2.69 bits per heavy atom. The molecule has 0 saturated heterocycles. The number of aromatic nitrogens is 3. The van der Waals surface area contributed by atoms with Crippen molar-refractivity contribution in [2.75, 3.05) is 12.4 Å². The van der Waals surface area contributed by atoms with E-state index in [9.17, 15) is 0 Å². The number of hydrogen-bond acceptors (Lipinski definition) is 5. The lowest BCUT2D eigenvalue weighted by molar-refractivity contribution is 0.415. The zero-order chi connectivity index (χ0) is 18.4. The van der Waals surface area contributed by atoms with E-state index in [0.29, 0.717) is 5.11 Å². The number of thiocarbonyl (C=S) groups is 1. The Kier molecular flexibility index (Phi) is 5.55. The summed E-state index contributed by atoms with van der Waals surface area (Å²) in [7, 11) is 1.62. The molecule has 1 aromatic heterocycles. The average Bonchev–Trinajstić information content (AvgIpc) is 3.21. The van der Waals surface area contributed by atoms with E-state index in [-0.39, 0.29) is 0 Å². The molecule has 0 spiro atoms. The van der Waals surface area contributed by atoms with Crippen LogP contribution in [0.5, 0.6) is 5.75 Å². The molecule has 2 aromatic carbocycles. The first kappa shape index (κ1) is 17.6. The first-order valence-electron chi connectivity index (χ1n) is 7.86. The summed E-state index contributed by atoms with van der Waals surface area (Å²) in [6.07, 6.45) is 3.15. The highest BCUT2D eigenvalue weighted by molar-refractivity contribution is 7.80. The van der Waals surface area contributed by atoms with Crippen LogP contribution in [0.15, 0.2) is 66.3 Å². The number of nitrogens with one attached hydrogen (secondary N) is 2. The van der Waals surface area contributed by atoms with Crippen molar-refractivity contribution in [2.45, 2.75) is 6.92 Å². The lowest BCUT2D eigenvalue weighted by Crippen LogP contribution is -2.24. The summed E-state index contributed by atoms with van der Waals surface area (Å²) in [5.41, 5.74) is 6.39. The van der Waals surface area contributed by atoms with Crippen LogP contribution in [0.1, 0.15) is 12.5 Å². The van der Waals surface area contributed by atoms with Crippen molar-refractivity contribution in [3.05, 3.63) is 66.7 Å². The molecule has 2 N–H and O–H groups in total. The molecule has 0 bridgehead atoms. The van der Waals surface area contributed by atoms with Gasteiger partial charge in [-0.05, 0) is 49.0 Å². The van der Waals surface area contributed by atoms with Crippen molar-refractivity contribution in [1.29, 1.82) is 0 Å². The zero-order valence-electron chi connectivity index (χ0n) is 14.4. The Morgan fingerprint density at radius 1 is 1.19 bits per heavy atom. The molecule has 0 fully saturated rings. The summed E-state index contributed by atoms with van der Waals surface area (Å²) < 4.78 is 6.88. The van der Waals surface area contributed by atoms with E-state index >= 15 is 0 Å². The molecule has 8 heteroatoms. The second-order valence-corrected chi connectivity index (χ2v) is 5.79. The Hall–Kier alpha value is -3.26. The van der Waals surface area contributed by atoms with E-state index in [4.69, 9.17) is 17.0 Å². The minimum absolute atomic E-state index is 0.400. The van der Waals surface area contributed by atoms with E-state index in [2.05, 4.69) is 25.9 Å². The maximum atomic E-state index is 5.27. The van der Waals surface area contributed by atoms with Gasteiger partial charge in [0, 0.05) is 11.8 Å². The predicted octanol–water partition coefficient (Wildman–Crippen LogP) is 2.99. The van der Waals surface area contributed by atoms with E-state index < -0.39 is 0 Å². The Bertz CT molecular complexity index is 906. The molecule has 0 atom stereocenters. The highest BCUT2D eigenvalue weighted by Crippen LogP contribution is 2.16. The second kappa shape index (κ2) is 8.21. The van der Waals surface area contributed by atoms with Gasteiger partial charge in [-0.25, -0.2) is 9.67 Å². The molecule has 3 rings (SSSR count). The molecule has 7 nitrogen and oxygen atoms in total. The minimum Gasteiger partial charge on any atom is -0.497 e. The van der Waals surface area contributed by atoms with Crippen molar-refractivity contribution in [3.8, 4) is 11.4 Å². The summed E-state index contributed by atoms with van der Waals surface area (Å²) in [5, 5.41) is 11.9. The lowest BCUT2D eigenvalue weighted by atomic mass is 10.1. The number of anilines is 1. The van der Waals surface area contributed by atoms with Crippen LogP contribution in [0.3, 0.4) is 0 Å². The fourth-order valence-electron chi connectivity index (χ4n) is 2.26. The average molecular weight is 366 g/mol. The van der Waals surface area contributed by atoms with Gasteiger partial charge in [0.1, 0.15) is 18.4 Å². The number of benzene rings is 2. The van der Waals surface area contributed by atoms with Crippen LogP contribution in [-0.4, -0.2) is 32.7 Å². The Morgan fingerprint density at radius 2 is 2.00 bits per heavy atom. The first-order chi connectivity index (χ1) is 12.7. The van der Waals surface area contributed by atoms with Crippen molar-refractivity contribution in [1.82, 2.24) is 20.2 Å². The number of hydrogen-bond donors (Lipinski definition) is 2. The molecule has 3 aromatic rings. The molecule has 0 unspecified atom stereocenters. The molecule has 26 heavy (non-hydrogen) atoms. The summed E-state index contributed by atoms with van der Waals surface area (Å²) >= 11 is 5.27. The van der Waals surface area contributed by atoms with Crippen molar-refractivity contribution in [3.63, 3.8) is 0 Å². The fraction of sp³-hybridized carbons (Fsp3) is 0.111. The first-order valence-corrected chi connectivity index (χ1v) is 8.27. The van der Waals surface area contributed by atoms with E-state index in [1.807, 2.05) is 55.5 Å². The molecule has 0 radical (unpaired) electrons. The molecule has 1 heterocycles. The smallest absolute Gasteiger partial charge is 0.191 e. The normalized spacial score (nSPS) is 11.1. The zero-order valence-corrected chi connectivity index (χ0v) is 15.2. The van der Waals surface area contributed by atoms with E-state index in [1.165, 1.54) is 6.33 Å². The van der Waals surface area contributed by atoms with Gasteiger partial charge in [0.25, 0.3) is 0 Å². The second-order valence-electron chi connectivity index (χ2n) is 5.38. The van der Waals surface area contributed by atoms with Crippen molar-refractivity contribution in [2.24, 2.45) is 5.10 Å². The Balaban J connectivity index is 1.61. The highest BCUT2D eigenvalue weighted by atomic mass is 32.1. The molecule has 0 amide bonds. The van der Waals surface area contributed by atoms with Gasteiger partial charge in [0.2, 0.25) is 0 Å². The van der Waals surface area contributed by atoms with E-state index in [0.717, 1.165) is 28.4 Å². The number of methoxy groups -OCH3 is 1. The third-order valence-electron chi connectivity index (χ3n) is 3.62. The molecule has 0 aliphatic rings. The number of ether oxygens (including phenoxy) is 1. The standard InChI is InChI=1S/C18H18N6OS/c1-13(14-6-8-16(9-7-14)24-12-19-11-20-24)22-23-18(26)21-15-4-3-5-17(10-15)25-2/h3-12H,1-2H3,(H2,21,23,26)/b22-13+. The van der Waals surface area contributed by atoms with Crippen LogP contribution in [0.25, 0.3) is 5.69 Å². The fourth-order valence-corrected chi connectivity index (χ4v) is 2.42. The lowest BCUT2D eigenvalue weighted by Gasteiger charge is -2.09. The van der Waals surface area contributed by atoms with Crippen LogP contribution < -0.4 is 15.5 Å². The molecule has 132 valence electrons. The summed E-state index contributed by atoms with van der Waals surface area (Å²) in [5.74, 6) is 0.755. The van der Waals surface area contributed by atoms with Gasteiger partial charge < -0.3 is 10.1 Å². The van der Waals surface area contributed by atoms with Gasteiger partial charge in [0.05, 0.1) is 18.5 Å². The summed E-state index contributed by atoms with van der Waals surface area (Å²) in [6.45, 7) is 1.91. The van der Waals surface area contributed by atoms with Crippen molar-refractivity contribution >= 4 is 28.7 Å². The van der Waals surface area contributed by atoms with E-state index in [1.54, 1.807) is 18.1 Å². The Labute approximate surface area is 156 Å². The molecule has 0 saturated carbocycles. The summed E-state index contributed by atoms with van der Waals surface area (Å²) in [4.78, 5) is 3.94. The monoisotopic (exact) mass is 366 g/mol. The van der Waals surface area contributed by atoms with Crippen LogP contribution in [0, 0.1) is 0 Å². The highest BCUT2D eigenvalue weighted by Gasteiger charge is 2.02. The number of hydrazone groups is 1. The van der Waals surface area contributed by atoms with Crippen molar-refractivity contribution < 1.29 is 4.74 Å². The molecule has 0 aliphatic heterocycles. The van der Waals surface area contributed by atoms with Gasteiger partial charge in [-0.2, -0.15) is 10.2 Å². The molecular formula is C18H18N6OS. The van der Waals surface area contributed by atoms with Gasteiger partial charge in [-0.3, -0.25) is 5.43 Å². The summed E-state index contributed by atoms with van der Waals surface area (Å²) in [6, 6.07) is 15.4. The number of nitrogens with zero attached hydrogens (tertiary/aromatic N) is 4. The SMILES string of the molecule is COc1cccc(NC(=S)N/N=C(\C)c2ccc(-n3cncn3)cc2)c1. The molecule has 0 aliphatic carbocycles. The topological polar surface area (TPSA) is 76.4 Å². The maximum absolute atomic E-state index is 5.27. The quantitative estimate of drug-likeness (QED) is 0.411.